The minimum Gasteiger partial charge on any atom is -0.370 e. The summed E-state index contributed by atoms with van der Waals surface area (Å²) in [5.74, 6) is 1.64. The molecule has 0 saturated carbocycles. The molecule has 0 radical (unpaired) electrons. The summed E-state index contributed by atoms with van der Waals surface area (Å²) in [7, 11) is 0. The summed E-state index contributed by atoms with van der Waals surface area (Å²) in [5, 5.41) is 3.15. The fourth-order valence-electron chi connectivity index (χ4n) is 1.67. The first-order valence-corrected chi connectivity index (χ1v) is 6.68. The Morgan fingerprint density at radius 1 is 1.22 bits per heavy atom. The normalized spacial score (nSPS) is 13.7. The van der Waals surface area contributed by atoms with Gasteiger partial charge in [0.25, 0.3) is 0 Å². The van der Waals surface area contributed by atoms with Crippen molar-refractivity contribution in [2.24, 2.45) is 16.6 Å². The molecule has 1 aromatic carbocycles. The molecule has 1 atom stereocenters. The number of rotatable bonds is 6. The van der Waals surface area contributed by atoms with Gasteiger partial charge < -0.3 is 11.1 Å². The predicted molar refractivity (Wildman–Crippen MR) is 78.8 cm³/mol. The summed E-state index contributed by atoms with van der Waals surface area (Å²) in [6.45, 7) is 8.19. The van der Waals surface area contributed by atoms with E-state index in [9.17, 15) is 0 Å². The molecule has 0 bridgehead atoms. The maximum atomic E-state index is 5.83. The van der Waals surface area contributed by atoms with Crippen LogP contribution in [0.3, 0.4) is 0 Å². The first kappa shape index (κ1) is 14.6. The van der Waals surface area contributed by atoms with E-state index in [0.717, 1.165) is 19.5 Å². The van der Waals surface area contributed by atoms with Crippen molar-refractivity contribution in [2.75, 3.05) is 13.1 Å². The molecule has 0 aromatic heterocycles. The summed E-state index contributed by atoms with van der Waals surface area (Å²) < 4.78 is 0. The van der Waals surface area contributed by atoms with Crippen LogP contribution < -0.4 is 11.1 Å². The number of aliphatic imine (C=N–C) groups is 1. The first-order chi connectivity index (χ1) is 8.59. The van der Waals surface area contributed by atoms with Gasteiger partial charge in [-0.15, -0.1) is 0 Å². The maximum Gasteiger partial charge on any atom is 0.188 e. The standard InChI is InChI=1S/C15H25N3/c1-12(2)9-10-17-15(16)18-11-13(3)14-7-5-4-6-8-14/h4-8,12-13H,9-11H2,1-3H3,(H3,16,17,18). The van der Waals surface area contributed by atoms with Gasteiger partial charge in [0.15, 0.2) is 5.96 Å². The smallest absolute Gasteiger partial charge is 0.188 e. The molecule has 1 aromatic rings. The lowest BCUT2D eigenvalue weighted by atomic mass is 10.0. The second-order valence-electron chi connectivity index (χ2n) is 5.15. The van der Waals surface area contributed by atoms with Crippen molar-refractivity contribution in [1.29, 1.82) is 0 Å². The lowest BCUT2D eigenvalue weighted by Crippen LogP contribution is -2.33. The van der Waals surface area contributed by atoms with Gasteiger partial charge in [0.1, 0.15) is 0 Å². The monoisotopic (exact) mass is 247 g/mol. The average molecular weight is 247 g/mol. The maximum absolute atomic E-state index is 5.83. The van der Waals surface area contributed by atoms with E-state index in [1.807, 2.05) is 6.07 Å². The molecule has 0 spiro atoms. The van der Waals surface area contributed by atoms with Gasteiger partial charge in [-0.1, -0.05) is 51.1 Å². The molecular formula is C15H25N3. The molecule has 18 heavy (non-hydrogen) atoms. The Hall–Kier alpha value is -1.51. The highest BCUT2D eigenvalue weighted by molar-refractivity contribution is 5.77. The highest BCUT2D eigenvalue weighted by atomic mass is 15.1. The van der Waals surface area contributed by atoms with Gasteiger partial charge in [-0.25, -0.2) is 0 Å². The molecule has 0 aliphatic rings. The molecule has 3 N–H and O–H groups in total. The van der Waals surface area contributed by atoms with Gasteiger partial charge in [0, 0.05) is 19.0 Å². The number of nitrogens with two attached hydrogens (primary N) is 1. The van der Waals surface area contributed by atoms with Gasteiger partial charge in [-0.05, 0) is 17.9 Å². The summed E-state index contributed by atoms with van der Waals surface area (Å²) in [6.07, 6.45) is 1.12. The van der Waals surface area contributed by atoms with E-state index >= 15 is 0 Å². The summed E-state index contributed by atoms with van der Waals surface area (Å²) in [5.41, 5.74) is 7.13. The van der Waals surface area contributed by atoms with E-state index in [4.69, 9.17) is 5.73 Å². The molecule has 1 rings (SSSR count). The highest BCUT2D eigenvalue weighted by Gasteiger charge is 2.03. The molecular weight excluding hydrogens is 222 g/mol. The summed E-state index contributed by atoms with van der Waals surface area (Å²) >= 11 is 0. The zero-order chi connectivity index (χ0) is 13.4. The van der Waals surface area contributed by atoms with E-state index in [-0.39, 0.29) is 0 Å². The van der Waals surface area contributed by atoms with Crippen molar-refractivity contribution in [3.8, 4) is 0 Å². The number of hydrogen-bond donors (Lipinski definition) is 2. The first-order valence-electron chi connectivity index (χ1n) is 6.68. The van der Waals surface area contributed by atoms with E-state index in [0.29, 0.717) is 17.8 Å². The van der Waals surface area contributed by atoms with Gasteiger partial charge in [0.2, 0.25) is 0 Å². The molecule has 0 saturated heterocycles. The van der Waals surface area contributed by atoms with Crippen molar-refractivity contribution in [1.82, 2.24) is 5.32 Å². The second kappa shape index (κ2) is 7.75. The van der Waals surface area contributed by atoms with Crippen LogP contribution in [0.2, 0.25) is 0 Å². The zero-order valence-corrected chi connectivity index (χ0v) is 11.7. The van der Waals surface area contributed by atoms with Crippen molar-refractivity contribution in [3.05, 3.63) is 35.9 Å². The quantitative estimate of drug-likeness (QED) is 0.600. The molecule has 0 aliphatic carbocycles. The van der Waals surface area contributed by atoms with Crippen LogP contribution in [0, 0.1) is 5.92 Å². The Morgan fingerprint density at radius 3 is 2.50 bits per heavy atom. The van der Waals surface area contributed by atoms with Crippen LogP contribution in [0.5, 0.6) is 0 Å². The zero-order valence-electron chi connectivity index (χ0n) is 11.7. The molecule has 3 heteroatoms. The molecule has 0 fully saturated rings. The third-order valence-corrected chi connectivity index (χ3v) is 2.93. The molecule has 0 heterocycles. The van der Waals surface area contributed by atoms with Crippen molar-refractivity contribution in [3.63, 3.8) is 0 Å². The Morgan fingerprint density at radius 2 is 1.89 bits per heavy atom. The molecule has 1 unspecified atom stereocenters. The van der Waals surface area contributed by atoms with Crippen LogP contribution in [-0.2, 0) is 0 Å². The Bertz CT molecular complexity index is 357. The highest BCUT2D eigenvalue weighted by Crippen LogP contribution is 2.14. The van der Waals surface area contributed by atoms with E-state index in [1.54, 1.807) is 0 Å². The molecule has 0 aliphatic heterocycles. The summed E-state index contributed by atoms with van der Waals surface area (Å²) in [4.78, 5) is 4.38. The third kappa shape index (κ3) is 5.71. The van der Waals surface area contributed by atoms with Gasteiger partial charge in [0.05, 0.1) is 0 Å². The average Bonchev–Trinajstić information content (AvgIpc) is 2.36. The fraction of sp³-hybridized carbons (Fsp3) is 0.533. The number of nitrogens with zero attached hydrogens (tertiary/aromatic N) is 1. The van der Waals surface area contributed by atoms with Crippen LogP contribution in [0.25, 0.3) is 0 Å². The SMILES string of the molecule is CC(C)CCNC(N)=NCC(C)c1ccccc1. The predicted octanol–water partition coefficient (Wildman–Crippen LogP) is 2.74. The van der Waals surface area contributed by atoms with Crippen molar-refractivity contribution >= 4 is 5.96 Å². The van der Waals surface area contributed by atoms with Crippen LogP contribution in [0.1, 0.15) is 38.7 Å². The van der Waals surface area contributed by atoms with Crippen LogP contribution in [-0.4, -0.2) is 19.0 Å². The fourth-order valence-corrected chi connectivity index (χ4v) is 1.67. The van der Waals surface area contributed by atoms with E-state index in [1.165, 1.54) is 5.56 Å². The van der Waals surface area contributed by atoms with Crippen LogP contribution >= 0.6 is 0 Å². The molecule has 0 amide bonds. The summed E-state index contributed by atoms with van der Waals surface area (Å²) in [6, 6.07) is 10.4. The number of hydrogen-bond acceptors (Lipinski definition) is 1. The van der Waals surface area contributed by atoms with Crippen molar-refractivity contribution in [2.45, 2.75) is 33.1 Å². The van der Waals surface area contributed by atoms with Crippen LogP contribution in [0.4, 0.5) is 0 Å². The minimum atomic E-state index is 0.400. The third-order valence-electron chi connectivity index (χ3n) is 2.93. The molecule has 3 nitrogen and oxygen atoms in total. The van der Waals surface area contributed by atoms with Gasteiger partial charge in [-0.3, -0.25) is 4.99 Å². The number of guanidine groups is 1. The topological polar surface area (TPSA) is 50.4 Å². The lowest BCUT2D eigenvalue weighted by Gasteiger charge is -2.11. The van der Waals surface area contributed by atoms with Gasteiger partial charge in [-0.2, -0.15) is 0 Å². The largest absolute Gasteiger partial charge is 0.370 e. The van der Waals surface area contributed by atoms with Crippen LogP contribution in [0.15, 0.2) is 35.3 Å². The van der Waals surface area contributed by atoms with Gasteiger partial charge >= 0.3 is 0 Å². The lowest BCUT2D eigenvalue weighted by molar-refractivity contribution is 0.576. The van der Waals surface area contributed by atoms with E-state index in [2.05, 4.69) is 55.3 Å². The van der Waals surface area contributed by atoms with E-state index < -0.39 is 0 Å². The Balaban J connectivity index is 2.34. The number of benzene rings is 1. The number of nitrogens with one attached hydrogen (secondary N) is 1. The Kier molecular flexibility index (Phi) is 6.26. The van der Waals surface area contributed by atoms with Crippen molar-refractivity contribution < 1.29 is 0 Å². The Labute approximate surface area is 111 Å². The minimum absolute atomic E-state index is 0.400. The molecule has 100 valence electrons. The second-order valence-corrected chi connectivity index (χ2v) is 5.15.